The zero-order valence-corrected chi connectivity index (χ0v) is 17.7. The molecule has 4 rings (SSSR count). The molecule has 2 aromatic carbocycles. The van der Waals surface area contributed by atoms with Gasteiger partial charge in [-0.25, -0.2) is 4.98 Å². The average molecular weight is 443 g/mol. The van der Waals surface area contributed by atoms with E-state index in [1.54, 1.807) is 21.6 Å². The summed E-state index contributed by atoms with van der Waals surface area (Å²) in [6, 6.07) is 12.2. The van der Waals surface area contributed by atoms with Crippen LogP contribution in [0.1, 0.15) is 29.8 Å². The predicted molar refractivity (Wildman–Crippen MR) is 115 cm³/mol. The number of para-hydroxylation sites is 1. The third-order valence-corrected chi connectivity index (χ3v) is 6.07. The molecule has 1 fully saturated rings. The lowest BCUT2D eigenvalue weighted by Gasteiger charge is -2.32. The summed E-state index contributed by atoms with van der Waals surface area (Å²) < 4.78 is 40.4. The van der Waals surface area contributed by atoms with Crippen molar-refractivity contribution in [2.75, 3.05) is 13.1 Å². The van der Waals surface area contributed by atoms with Crippen molar-refractivity contribution in [3.63, 3.8) is 0 Å². The molecule has 0 N–H and O–H groups in total. The number of hydrogen-bond donors (Lipinski definition) is 0. The molecular weight excluding hydrogens is 419 g/mol. The molecule has 0 radical (unpaired) electrons. The van der Waals surface area contributed by atoms with Gasteiger partial charge in [0, 0.05) is 19.6 Å². The van der Waals surface area contributed by atoms with Crippen LogP contribution in [0.25, 0.3) is 10.9 Å². The number of fused-ring (bicyclic) bond motifs is 1. The second-order valence-electron chi connectivity index (χ2n) is 8.29. The maximum absolute atomic E-state index is 12.9. The minimum absolute atomic E-state index is 0.0538. The van der Waals surface area contributed by atoms with E-state index in [0.29, 0.717) is 41.9 Å². The maximum atomic E-state index is 12.9. The summed E-state index contributed by atoms with van der Waals surface area (Å²) in [6.07, 6.45) is -3.02. The van der Waals surface area contributed by atoms with Crippen molar-refractivity contribution in [2.45, 2.75) is 38.9 Å². The molecule has 1 aromatic heterocycles. The van der Waals surface area contributed by atoms with Crippen LogP contribution in [-0.2, 0) is 23.9 Å². The predicted octanol–water partition coefficient (Wildman–Crippen LogP) is 4.21. The number of aryl methyl sites for hydroxylation is 1. The highest BCUT2D eigenvalue weighted by Crippen LogP contribution is 2.30. The number of amides is 1. The molecule has 0 unspecified atom stereocenters. The van der Waals surface area contributed by atoms with Gasteiger partial charge in [-0.15, -0.1) is 0 Å². The van der Waals surface area contributed by atoms with Crippen LogP contribution in [0.4, 0.5) is 13.2 Å². The third-order valence-electron chi connectivity index (χ3n) is 6.07. The summed E-state index contributed by atoms with van der Waals surface area (Å²) in [5, 5.41) is 0.590. The number of alkyl halides is 3. The quantitative estimate of drug-likeness (QED) is 0.607. The lowest BCUT2D eigenvalue weighted by atomic mass is 9.96. The molecule has 0 atom stereocenters. The molecule has 32 heavy (non-hydrogen) atoms. The number of hydrogen-bond acceptors (Lipinski definition) is 3. The fourth-order valence-electron chi connectivity index (χ4n) is 4.26. The first-order chi connectivity index (χ1) is 15.2. The number of likely N-dealkylation sites (tertiary alicyclic amines) is 1. The van der Waals surface area contributed by atoms with E-state index in [1.165, 1.54) is 6.07 Å². The van der Waals surface area contributed by atoms with Gasteiger partial charge in [-0.05, 0) is 49.4 Å². The van der Waals surface area contributed by atoms with E-state index >= 15 is 0 Å². The van der Waals surface area contributed by atoms with Gasteiger partial charge in [0.15, 0.2) is 0 Å². The van der Waals surface area contributed by atoms with Crippen LogP contribution >= 0.6 is 0 Å². The van der Waals surface area contributed by atoms with Gasteiger partial charge in [-0.2, -0.15) is 13.2 Å². The van der Waals surface area contributed by atoms with Gasteiger partial charge in [0.1, 0.15) is 5.82 Å². The Labute approximate surface area is 183 Å². The summed E-state index contributed by atoms with van der Waals surface area (Å²) in [7, 11) is 0. The molecule has 1 saturated heterocycles. The number of nitrogens with zero attached hydrogens (tertiary/aromatic N) is 3. The van der Waals surface area contributed by atoms with E-state index in [4.69, 9.17) is 0 Å². The average Bonchev–Trinajstić information content (AvgIpc) is 2.76. The van der Waals surface area contributed by atoms with Gasteiger partial charge in [-0.3, -0.25) is 14.2 Å². The van der Waals surface area contributed by atoms with E-state index in [0.717, 1.165) is 25.0 Å². The van der Waals surface area contributed by atoms with Crippen LogP contribution in [0.15, 0.2) is 53.3 Å². The minimum Gasteiger partial charge on any atom is -0.342 e. The van der Waals surface area contributed by atoms with E-state index in [2.05, 4.69) is 4.98 Å². The van der Waals surface area contributed by atoms with E-state index in [-0.39, 0.29) is 23.8 Å². The van der Waals surface area contributed by atoms with Crippen LogP contribution in [0.3, 0.4) is 0 Å². The highest BCUT2D eigenvalue weighted by molar-refractivity contribution is 5.79. The first-order valence-corrected chi connectivity index (χ1v) is 10.6. The number of piperidine rings is 1. The Morgan fingerprint density at radius 2 is 1.81 bits per heavy atom. The van der Waals surface area contributed by atoms with Crippen LogP contribution in [0.2, 0.25) is 0 Å². The maximum Gasteiger partial charge on any atom is 0.416 e. The van der Waals surface area contributed by atoms with Crippen LogP contribution in [0.5, 0.6) is 0 Å². The standard InChI is InChI=1S/C24H24F3N3O2/c1-16-28-21-8-3-2-7-20(21)23(32)30(16)15-17-9-11-29(12-10-17)22(31)14-18-5-4-6-19(13-18)24(25,26)27/h2-8,13,17H,9-12,14-15H2,1H3. The third kappa shape index (κ3) is 4.69. The Morgan fingerprint density at radius 3 is 2.53 bits per heavy atom. The van der Waals surface area contributed by atoms with Crippen molar-refractivity contribution in [2.24, 2.45) is 5.92 Å². The Kier molecular flexibility index (Phi) is 6.04. The molecule has 1 amide bonds. The van der Waals surface area contributed by atoms with Gasteiger partial charge in [0.25, 0.3) is 5.56 Å². The SMILES string of the molecule is Cc1nc2ccccc2c(=O)n1CC1CCN(C(=O)Cc2cccc(C(F)(F)F)c2)CC1. The van der Waals surface area contributed by atoms with Gasteiger partial charge >= 0.3 is 6.18 Å². The zero-order valence-electron chi connectivity index (χ0n) is 17.7. The minimum atomic E-state index is -4.43. The van der Waals surface area contributed by atoms with Crippen molar-refractivity contribution in [3.8, 4) is 0 Å². The van der Waals surface area contributed by atoms with Gasteiger partial charge in [0.05, 0.1) is 22.9 Å². The van der Waals surface area contributed by atoms with Crippen molar-refractivity contribution in [1.82, 2.24) is 14.5 Å². The fourth-order valence-corrected chi connectivity index (χ4v) is 4.26. The molecule has 0 saturated carbocycles. The normalized spacial score (nSPS) is 15.3. The Hall–Kier alpha value is -3.16. The van der Waals surface area contributed by atoms with Crippen LogP contribution < -0.4 is 5.56 Å². The van der Waals surface area contributed by atoms with E-state index < -0.39 is 11.7 Å². The molecule has 3 aromatic rings. The number of rotatable bonds is 4. The van der Waals surface area contributed by atoms with E-state index in [9.17, 15) is 22.8 Å². The Balaban J connectivity index is 1.38. The van der Waals surface area contributed by atoms with Crippen LogP contribution in [-0.4, -0.2) is 33.4 Å². The first kappa shape index (κ1) is 22.0. The molecule has 1 aliphatic rings. The second-order valence-corrected chi connectivity index (χ2v) is 8.29. The van der Waals surface area contributed by atoms with Crippen molar-refractivity contribution >= 4 is 16.8 Å². The summed E-state index contributed by atoms with van der Waals surface area (Å²) >= 11 is 0. The Bertz CT molecular complexity index is 1200. The summed E-state index contributed by atoms with van der Waals surface area (Å²) in [5.74, 6) is 0.715. The monoisotopic (exact) mass is 443 g/mol. The highest BCUT2D eigenvalue weighted by Gasteiger charge is 2.31. The smallest absolute Gasteiger partial charge is 0.342 e. The topological polar surface area (TPSA) is 55.2 Å². The largest absolute Gasteiger partial charge is 0.416 e. The molecular formula is C24H24F3N3O2. The number of aromatic nitrogens is 2. The van der Waals surface area contributed by atoms with Crippen molar-refractivity contribution < 1.29 is 18.0 Å². The van der Waals surface area contributed by atoms with Crippen molar-refractivity contribution in [1.29, 1.82) is 0 Å². The summed E-state index contributed by atoms with van der Waals surface area (Å²) in [4.78, 5) is 31.7. The number of benzene rings is 2. The number of carbonyl (C=O) groups excluding carboxylic acids is 1. The van der Waals surface area contributed by atoms with Gasteiger partial charge in [0.2, 0.25) is 5.91 Å². The molecule has 0 aliphatic carbocycles. The fraction of sp³-hybridized carbons (Fsp3) is 0.375. The molecule has 2 heterocycles. The highest BCUT2D eigenvalue weighted by atomic mass is 19.4. The van der Waals surface area contributed by atoms with E-state index in [1.807, 2.05) is 25.1 Å². The lowest BCUT2D eigenvalue weighted by Crippen LogP contribution is -2.41. The van der Waals surface area contributed by atoms with Gasteiger partial charge < -0.3 is 4.90 Å². The number of carbonyl (C=O) groups is 1. The zero-order chi connectivity index (χ0) is 22.9. The second kappa shape index (κ2) is 8.76. The number of halogens is 3. The summed E-state index contributed by atoms with van der Waals surface area (Å²) in [6.45, 7) is 3.41. The lowest BCUT2D eigenvalue weighted by molar-refractivity contribution is -0.138. The van der Waals surface area contributed by atoms with Crippen molar-refractivity contribution in [3.05, 3.63) is 75.8 Å². The first-order valence-electron chi connectivity index (χ1n) is 10.6. The van der Waals surface area contributed by atoms with Crippen LogP contribution in [0, 0.1) is 12.8 Å². The summed E-state index contributed by atoms with van der Waals surface area (Å²) in [5.41, 5.74) is 0.236. The molecule has 168 valence electrons. The molecule has 0 bridgehead atoms. The van der Waals surface area contributed by atoms with Gasteiger partial charge in [-0.1, -0.05) is 30.3 Å². The Morgan fingerprint density at radius 1 is 1.09 bits per heavy atom. The molecule has 8 heteroatoms. The molecule has 5 nitrogen and oxygen atoms in total. The molecule has 1 aliphatic heterocycles. The molecule has 0 spiro atoms.